The number of hydrogen-bond acceptors (Lipinski definition) is 5. The Balaban J connectivity index is 1.60. The van der Waals surface area contributed by atoms with E-state index in [1.54, 1.807) is 4.68 Å². The van der Waals surface area contributed by atoms with Gasteiger partial charge >= 0.3 is 0 Å². The molecular formula is C21H25N5O2S. The summed E-state index contributed by atoms with van der Waals surface area (Å²) in [5.74, 6) is 1.29. The Kier molecular flexibility index (Phi) is 7.02. The number of ether oxygens (including phenoxy) is 1. The molecule has 0 bridgehead atoms. The number of aromatic amines is 1. The molecule has 0 aliphatic carbocycles. The third kappa shape index (κ3) is 5.68. The van der Waals surface area contributed by atoms with E-state index in [1.165, 1.54) is 0 Å². The molecule has 0 unspecified atom stereocenters. The summed E-state index contributed by atoms with van der Waals surface area (Å²) in [6, 6.07) is 15.2. The zero-order valence-electron chi connectivity index (χ0n) is 16.6. The van der Waals surface area contributed by atoms with Gasteiger partial charge in [0.2, 0.25) is 4.77 Å². The minimum Gasteiger partial charge on any atom is -0.483 e. The second kappa shape index (κ2) is 9.88. The number of aromatic nitrogens is 3. The van der Waals surface area contributed by atoms with Crippen molar-refractivity contribution in [2.75, 3.05) is 17.3 Å². The lowest BCUT2D eigenvalue weighted by molar-refractivity contribution is -0.118. The molecule has 0 aliphatic rings. The minimum absolute atomic E-state index is 0.0723. The van der Waals surface area contributed by atoms with Crippen molar-refractivity contribution in [3.63, 3.8) is 0 Å². The van der Waals surface area contributed by atoms with Crippen LogP contribution in [0.1, 0.15) is 30.3 Å². The molecule has 7 nitrogen and oxygen atoms in total. The molecule has 0 aliphatic heterocycles. The molecule has 1 aromatic heterocycles. The summed E-state index contributed by atoms with van der Waals surface area (Å²) in [5, 5.41) is 9.89. The van der Waals surface area contributed by atoms with Gasteiger partial charge < -0.3 is 15.5 Å². The first kappa shape index (κ1) is 20.6. The van der Waals surface area contributed by atoms with Crippen LogP contribution in [0.3, 0.4) is 0 Å². The van der Waals surface area contributed by atoms with Crippen LogP contribution in [0.5, 0.6) is 5.75 Å². The molecule has 1 heterocycles. The van der Waals surface area contributed by atoms with E-state index >= 15 is 0 Å². The number of H-pyrrole nitrogens is 1. The van der Waals surface area contributed by atoms with E-state index in [0.29, 0.717) is 17.1 Å². The van der Waals surface area contributed by atoms with Crippen molar-refractivity contribution in [1.82, 2.24) is 14.9 Å². The number of amides is 1. The first-order chi connectivity index (χ1) is 14.1. The fraction of sp³-hybridized carbons (Fsp3) is 0.286. The fourth-order valence-corrected chi connectivity index (χ4v) is 3.03. The van der Waals surface area contributed by atoms with Gasteiger partial charge in [0, 0.05) is 17.7 Å². The summed E-state index contributed by atoms with van der Waals surface area (Å²) < 4.78 is 8.06. The molecule has 1 amide bonds. The SMILES string of the molecule is CCCc1n[nH]c(=S)n1NCc1ccccc1OCC(=O)Nc1ccc(C)cc1. The van der Waals surface area contributed by atoms with Crippen LogP contribution in [0, 0.1) is 11.7 Å². The maximum atomic E-state index is 12.2. The van der Waals surface area contributed by atoms with Gasteiger partial charge in [-0.3, -0.25) is 9.89 Å². The smallest absolute Gasteiger partial charge is 0.262 e. The van der Waals surface area contributed by atoms with Gasteiger partial charge in [0.1, 0.15) is 5.75 Å². The third-order valence-corrected chi connectivity index (χ3v) is 4.58. The van der Waals surface area contributed by atoms with Gasteiger partial charge in [-0.25, -0.2) is 4.68 Å². The van der Waals surface area contributed by atoms with Gasteiger partial charge in [-0.1, -0.05) is 42.8 Å². The largest absolute Gasteiger partial charge is 0.483 e. The molecule has 8 heteroatoms. The van der Waals surface area contributed by atoms with E-state index in [4.69, 9.17) is 17.0 Å². The highest BCUT2D eigenvalue weighted by Crippen LogP contribution is 2.18. The Morgan fingerprint density at radius 3 is 2.72 bits per heavy atom. The number of anilines is 1. The van der Waals surface area contributed by atoms with Crippen LogP contribution < -0.4 is 15.5 Å². The molecular weight excluding hydrogens is 386 g/mol. The van der Waals surface area contributed by atoms with Crippen molar-refractivity contribution in [2.24, 2.45) is 0 Å². The van der Waals surface area contributed by atoms with E-state index in [9.17, 15) is 4.79 Å². The molecule has 0 atom stereocenters. The summed E-state index contributed by atoms with van der Waals surface area (Å²) in [4.78, 5) is 12.2. The van der Waals surface area contributed by atoms with Crippen LogP contribution in [0.15, 0.2) is 48.5 Å². The van der Waals surface area contributed by atoms with Crippen LogP contribution in [0.4, 0.5) is 5.69 Å². The average Bonchev–Trinajstić information content (AvgIpc) is 3.07. The number of nitrogens with zero attached hydrogens (tertiary/aromatic N) is 2. The quantitative estimate of drug-likeness (QED) is 0.464. The Morgan fingerprint density at radius 2 is 1.97 bits per heavy atom. The zero-order chi connectivity index (χ0) is 20.6. The number of rotatable bonds is 9. The number of benzene rings is 2. The van der Waals surface area contributed by atoms with Crippen molar-refractivity contribution < 1.29 is 9.53 Å². The first-order valence-electron chi connectivity index (χ1n) is 9.54. The van der Waals surface area contributed by atoms with Gasteiger partial charge in [-0.05, 0) is 43.8 Å². The number of para-hydroxylation sites is 1. The highest BCUT2D eigenvalue weighted by molar-refractivity contribution is 7.71. The number of carbonyl (C=O) groups excluding carboxylic acids is 1. The molecule has 152 valence electrons. The van der Waals surface area contributed by atoms with Gasteiger partial charge in [0.15, 0.2) is 12.4 Å². The minimum atomic E-state index is -0.209. The zero-order valence-corrected chi connectivity index (χ0v) is 17.4. The van der Waals surface area contributed by atoms with Crippen LogP contribution in [0.25, 0.3) is 0 Å². The fourth-order valence-electron chi connectivity index (χ4n) is 2.82. The molecule has 0 radical (unpaired) electrons. The van der Waals surface area contributed by atoms with Crippen molar-refractivity contribution in [1.29, 1.82) is 0 Å². The Morgan fingerprint density at radius 1 is 1.21 bits per heavy atom. The van der Waals surface area contributed by atoms with Crippen molar-refractivity contribution in [2.45, 2.75) is 33.2 Å². The first-order valence-corrected chi connectivity index (χ1v) is 9.95. The summed E-state index contributed by atoms with van der Waals surface area (Å²) in [7, 11) is 0. The summed E-state index contributed by atoms with van der Waals surface area (Å²) in [6.07, 6.45) is 1.79. The lowest BCUT2D eigenvalue weighted by Gasteiger charge is -2.14. The summed E-state index contributed by atoms with van der Waals surface area (Å²) >= 11 is 5.29. The monoisotopic (exact) mass is 411 g/mol. The van der Waals surface area contributed by atoms with Gasteiger partial charge in [-0.2, -0.15) is 5.10 Å². The third-order valence-electron chi connectivity index (χ3n) is 4.31. The molecule has 3 N–H and O–H groups in total. The van der Waals surface area contributed by atoms with Crippen LogP contribution in [-0.4, -0.2) is 27.4 Å². The van der Waals surface area contributed by atoms with Crippen LogP contribution >= 0.6 is 12.2 Å². The van der Waals surface area contributed by atoms with Crippen LogP contribution in [-0.2, 0) is 17.8 Å². The van der Waals surface area contributed by atoms with Crippen LogP contribution in [0.2, 0.25) is 0 Å². The van der Waals surface area contributed by atoms with E-state index in [1.807, 2.05) is 55.5 Å². The van der Waals surface area contributed by atoms with E-state index in [-0.39, 0.29) is 12.5 Å². The van der Waals surface area contributed by atoms with Crippen molar-refractivity contribution >= 4 is 23.8 Å². The molecule has 3 rings (SSSR count). The molecule has 3 aromatic rings. The van der Waals surface area contributed by atoms with E-state index < -0.39 is 0 Å². The second-order valence-corrected chi connectivity index (χ2v) is 7.06. The Hall–Kier alpha value is -3.13. The maximum absolute atomic E-state index is 12.2. The predicted octanol–water partition coefficient (Wildman–Crippen LogP) is 3.96. The number of hydrogen-bond donors (Lipinski definition) is 3. The standard InChI is InChI=1S/C21H25N5O2S/c1-3-6-19-24-25-21(29)26(19)22-13-16-7-4-5-8-18(16)28-14-20(27)23-17-11-9-15(2)10-12-17/h4-5,7-12,22H,3,6,13-14H2,1-2H3,(H,23,27)(H,25,29). The van der Waals surface area contributed by atoms with Crippen molar-refractivity contribution in [3.05, 3.63) is 70.3 Å². The normalized spacial score (nSPS) is 10.6. The highest BCUT2D eigenvalue weighted by atomic mass is 32.1. The molecule has 0 fully saturated rings. The molecule has 0 saturated carbocycles. The maximum Gasteiger partial charge on any atom is 0.262 e. The second-order valence-electron chi connectivity index (χ2n) is 6.68. The van der Waals surface area contributed by atoms with Gasteiger partial charge in [0.05, 0.1) is 6.54 Å². The Labute approximate surface area is 175 Å². The van der Waals surface area contributed by atoms with Gasteiger partial charge in [-0.15, -0.1) is 0 Å². The lowest BCUT2D eigenvalue weighted by Crippen LogP contribution is -2.21. The average molecular weight is 412 g/mol. The van der Waals surface area contributed by atoms with Crippen molar-refractivity contribution in [3.8, 4) is 5.75 Å². The molecule has 0 spiro atoms. The predicted molar refractivity (Wildman–Crippen MR) is 116 cm³/mol. The highest BCUT2D eigenvalue weighted by Gasteiger charge is 2.09. The lowest BCUT2D eigenvalue weighted by atomic mass is 10.2. The molecule has 2 aromatic carbocycles. The van der Waals surface area contributed by atoms with Gasteiger partial charge in [0.25, 0.3) is 5.91 Å². The van der Waals surface area contributed by atoms with E-state index in [0.717, 1.165) is 35.5 Å². The summed E-state index contributed by atoms with van der Waals surface area (Å²) in [6.45, 7) is 4.51. The van der Waals surface area contributed by atoms with E-state index in [2.05, 4.69) is 27.9 Å². The number of nitrogens with one attached hydrogen (secondary N) is 3. The Bertz CT molecular complexity index is 1010. The number of aryl methyl sites for hydroxylation is 2. The molecule has 29 heavy (non-hydrogen) atoms. The topological polar surface area (TPSA) is 84.0 Å². The molecule has 0 saturated heterocycles. The summed E-state index contributed by atoms with van der Waals surface area (Å²) in [5.41, 5.74) is 6.08. The number of carbonyl (C=O) groups is 1.